The van der Waals surface area contributed by atoms with E-state index in [1.54, 1.807) is 26.8 Å². The molecular weight excluding hydrogens is 284 g/mol. The first-order chi connectivity index (χ1) is 9.66. The summed E-state index contributed by atoms with van der Waals surface area (Å²) in [5.41, 5.74) is -2.95. The SMILES string of the molecule is CC(C)(C)C(=CC#N)c1c(F)c(F)c(CC#N)c(F)c1F. The van der Waals surface area contributed by atoms with E-state index < -0.39 is 46.2 Å². The lowest BCUT2D eigenvalue weighted by molar-refractivity contribution is 0.433. The Hall–Kier alpha value is -2.34. The lowest BCUT2D eigenvalue weighted by atomic mass is 9.81. The summed E-state index contributed by atoms with van der Waals surface area (Å²) in [5, 5.41) is 17.2. The summed E-state index contributed by atoms with van der Waals surface area (Å²) >= 11 is 0. The van der Waals surface area contributed by atoms with Gasteiger partial charge in [-0.1, -0.05) is 20.8 Å². The fourth-order valence-electron chi connectivity index (χ4n) is 1.88. The van der Waals surface area contributed by atoms with Gasteiger partial charge in [0.1, 0.15) is 0 Å². The van der Waals surface area contributed by atoms with Gasteiger partial charge >= 0.3 is 0 Å². The molecule has 0 aliphatic heterocycles. The van der Waals surface area contributed by atoms with Crippen molar-refractivity contribution in [3.63, 3.8) is 0 Å². The van der Waals surface area contributed by atoms with Gasteiger partial charge in [0.15, 0.2) is 23.3 Å². The molecule has 0 saturated heterocycles. The predicted molar refractivity (Wildman–Crippen MR) is 68.6 cm³/mol. The third kappa shape index (κ3) is 3.05. The molecule has 6 heteroatoms. The van der Waals surface area contributed by atoms with Gasteiger partial charge < -0.3 is 0 Å². The first kappa shape index (κ1) is 16.7. The largest absolute Gasteiger partial charge is 0.203 e. The number of allylic oxidation sites excluding steroid dienone is 2. The second-order valence-electron chi connectivity index (χ2n) is 5.38. The van der Waals surface area contributed by atoms with Crippen LogP contribution in [0.25, 0.3) is 5.57 Å². The minimum Gasteiger partial charge on any atom is -0.203 e. The highest BCUT2D eigenvalue weighted by Crippen LogP contribution is 2.38. The van der Waals surface area contributed by atoms with E-state index in [0.717, 1.165) is 6.08 Å². The van der Waals surface area contributed by atoms with E-state index in [2.05, 4.69) is 0 Å². The Morgan fingerprint density at radius 2 is 1.48 bits per heavy atom. The van der Waals surface area contributed by atoms with E-state index in [-0.39, 0.29) is 5.57 Å². The molecule has 1 aromatic rings. The van der Waals surface area contributed by atoms with Crippen LogP contribution in [0, 0.1) is 51.3 Å². The Balaban J connectivity index is 3.79. The van der Waals surface area contributed by atoms with E-state index >= 15 is 0 Å². The maximum Gasteiger partial charge on any atom is 0.169 e. The van der Waals surface area contributed by atoms with Crippen molar-refractivity contribution in [3.05, 3.63) is 40.5 Å². The monoisotopic (exact) mass is 296 g/mol. The molecule has 0 atom stereocenters. The summed E-state index contributed by atoms with van der Waals surface area (Å²) in [6.45, 7) is 4.65. The van der Waals surface area contributed by atoms with Crippen molar-refractivity contribution in [3.8, 4) is 12.1 Å². The zero-order chi connectivity index (χ0) is 16.4. The van der Waals surface area contributed by atoms with Crippen LogP contribution >= 0.6 is 0 Å². The first-order valence-corrected chi connectivity index (χ1v) is 5.99. The summed E-state index contributed by atoms with van der Waals surface area (Å²) in [4.78, 5) is 0. The molecule has 0 N–H and O–H groups in total. The van der Waals surface area contributed by atoms with Crippen molar-refractivity contribution in [1.29, 1.82) is 10.5 Å². The van der Waals surface area contributed by atoms with Crippen molar-refractivity contribution in [1.82, 2.24) is 0 Å². The maximum atomic E-state index is 14.1. The van der Waals surface area contributed by atoms with E-state index in [9.17, 15) is 17.6 Å². The number of nitriles is 2. The Bertz CT molecular complexity index is 657. The van der Waals surface area contributed by atoms with E-state index in [1.807, 2.05) is 0 Å². The number of halogens is 4. The summed E-state index contributed by atoms with van der Waals surface area (Å²) in [5.74, 6) is -6.43. The van der Waals surface area contributed by atoms with Gasteiger partial charge in [-0.05, 0) is 11.0 Å². The Morgan fingerprint density at radius 1 is 1.00 bits per heavy atom. The van der Waals surface area contributed by atoms with Gasteiger partial charge in [0.05, 0.1) is 24.1 Å². The second-order valence-corrected chi connectivity index (χ2v) is 5.38. The molecular formula is C15H12F4N2. The van der Waals surface area contributed by atoms with Crippen molar-refractivity contribution < 1.29 is 17.6 Å². The van der Waals surface area contributed by atoms with Gasteiger partial charge in [-0.2, -0.15) is 10.5 Å². The van der Waals surface area contributed by atoms with Crippen LogP contribution in [0.1, 0.15) is 31.9 Å². The molecule has 0 radical (unpaired) electrons. The number of nitrogens with zero attached hydrogens (tertiary/aromatic N) is 2. The molecule has 110 valence electrons. The number of hydrogen-bond acceptors (Lipinski definition) is 2. The highest BCUT2D eigenvalue weighted by atomic mass is 19.2. The smallest absolute Gasteiger partial charge is 0.169 e. The van der Waals surface area contributed by atoms with E-state index in [4.69, 9.17) is 10.5 Å². The fraction of sp³-hybridized carbons (Fsp3) is 0.333. The van der Waals surface area contributed by atoms with Gasteiger partial charge in [-0.25, -0.2) is 17.6 Å². The van der Waals surface area contributed by atoms with Gasteiger partial charge in [-0.15, -0.1) is 0 Å². The topological polar surface area (TPSA) is 47.6 Å². The number of rotatable bonds is 2. The van der Waals surface area contributed by atoms with Crippen LogP contribution in [0.3, 0.4) is 0 Å². The second kappa shape index (κ2) is 5.97. The quantitative estimate of drug-likeness (QED) is 0.465. The minimum atomic E-state index is -1.61. The van der Waals surface area contributed by atoms with Crippen LogP contribution < -0.4 is 0 Å². The van der Waals surface area contributed by atoms with Gasteiger partial charge in [0.25, 0.3) is 0 Å². The summed E-state index contributed by atoms with van der Waals surface area (Å²) in [6.07, 6.45) is 0.0585. The van der Waals surface area contributed by atoms with Crippen LogP contribution in [0.5, 0.6) is 0 Å². The van der Waals surface area contributed by atoms with Crippen LogP contribution in [-0.2, 0) is 6.42 Å². The molecule has 1 rings (SSSR count). The lowest BCUT2D eigenvalue weighted by Gasteiger charge is -2.24. The third-order valence-corrected chi connectivity index (χ3v) is 2.90. The lowest BCUT2D eigenvalue weighted by Crippen LogP contribution is -2.15. The highest BCUT2D eigenvalue weighted by molar-refractivity contribution is 5.72. The molecule has 21 heavy (non-hydrogen) atoms. The average Bonchev–Trinajstić information content (AvgIpc) is 2.39. The summed E-state index contributed by atoms with van der Waals surface area (Å²) < 4.78 is 55.8. The van der Waals surface area contributed by atoms with Crippen molar-refractivity contribution in [2.24, 2.45) is 5.41 Å². The summed E-state index contributed by atoms with van der Waals surface area (Å²) in [7, 11) is 0. The molecule has 2 nitrogen and oxygen atoms in total. The Labute approximate surface area is 119 Å². The van der Waals surface area contributed by atoms with Gasteiger partial charge in [0.2, 0.25) is 0 Å². The molecule has 0 heterocycles. The van der Waals surface area contributed by atoms with Crippen molar-refractivity contribution in [2.75, 3.05) is 0 Å². The molecule has 1 aromatic carbocycles. The van der Waals surface area contributed by atoms with E-state index in [1.165, 1.54) is 6.07 Å². The van der Waals surface area contributed by atoms with Crippen molar-refractivity contribution in [2.45, 2.75) is 27.2 Å². The van der Waals surface area contributed by atoms with Crippen LogP contribution in [0.15, 0.2) is 6.08 Å². The zero-order valence-electron chi connectivity index (χ0n) is 11.7. The van der Waals surface area contributed by atoms with E-state index in [0.29, 0.717) is 0 Å². The third-order valence-electron chi connectivity index (χ3n) is 2.90. The minimum absolute atomic E-state index is 0.165. The Kier molecular flexibility index (Phi) is 4.75. The normalized spacial score (nSPS) is 12.0. The molecule has 0 amide bonds. The highest BCUT2D eigenvalue weighted by Gasteiger charge is 2.31. The first-order valence-electron chi connectivity index (χ1n) is 5.99. The molecule has 0 aromatic heterocycles. The van der Waals surface area contributed by atoms with Crippen LogP contribution in [0.2, 0.25) is 0 Å². The van der Waals surface area contributed by atoms with Crippen LogP contribution in [-0.4, -0.2) is 0 Å². The zero-order valence-corrected chi connectivity index (χ0v) is 11.7. The van der Waals surface area contributed by atoms with Gasteiger partial charge in [-0.3, -0.25) is 0 Å². The average molecular weight is 296 g/mol. The standard InChI is InChI=1S/C15H12F4N2/c1-15(2,3)9(5-7-21)10-13(18)11(16)8(4-6-20)12(17)14(10)19/h5H,4H2,1-3H3. The van der Waals surface area contributed by atoms with Crippen molar-refractivity contribution >= 4 is 5.57 Å². The summed E-state index contributed by atoms with van der Waals surface area (Å²) in [6, 6.07) is 3.06. The fourth-order valence-corrected chi connectivity index (χ4v) is 1.88. The maximum absolute atomic E-state index is 14.1. The molecule has 0 fully saturated rings. The van der Waals surface area contributed by atoms with Crippen LogP contribution in [0.4, 0.5) is 17.6 Å². The molecule has 0 bridgehead atoms. The number of hydrogen-bond donors (Lipinski definition) is 0. The van der Waals surface area contributed by atoms with Gasteiger partial charge in [0, 0.05) is 11.6 Å². The molecule has 0 aliphatic carbocycles. The molecule has 0 saturated carbocycles. The Morgan fingerprint density at radius 3 is 1.81 bits per heavy atom. The number of benzene rings is 1. The molecule has 0 aliphatic rings. The molecule has 0 unspecified atom stereocenters. The molecule has 0 spiro atoms. The predicted octanol–water partition coefficient (Wildman–Crippen LogP) is 4.26.